The summed E-state index contributed by atoms with van der Waals surface area (Å²) >= 11 is 0.895. The third-order valence-corrected chi connectivity index (χ3v) is 6.18. The zero-order chi connectivity index (χ0) is 13.0. The maximum Gasteiger partial charge on any atom is 0.191 e. The van der Waals surface area contributed by atoms with Crippen LogP contribution in [0.4, 0.5) is 0 Å². The van der Waals surface area contributed by atoms with Crippen LogP contribution in [-0.4, -0.2) is 27.9 Å². The first-order valence-electron chi connectivity index (χ1n) is 5.16. The molecule has 0 spiro atoms. The molecule has 1 aliphatic rings. The highest BCUT2D eigenvalue weighted by molar-refractivity contribution is 7.94. The Morgan fingerprint density at radius 3 is 2.67 bits per heavy atom. The molecule has 8 heteroatoms. The smallest absolute Gasteiger partial charge is 0.191 e. The summed E-state index contributed by atoms with van der Waals surface area (Å²) in [5.74, 6) is -1.54. The molecule has 1 saturated carbocycles. The molecule has 94 valence electrons. The highest BCUT2D eigenvalue weighted by Crippen LogP contribution is 2.47. The number of nitrogens with zero attached hydrogens (tertiary/aromatic N) is 2. The van der Waals surface area contributed by atoms with Gasteiger partial charge in [0.25, 0.3) is 0 Å². The molecule has 0 saturated heterocycles. The number of carbonyl (C=O) groups excluding carboxylic acids is 1. The minimum Gasteiger partial charge on any atom is -0.548 e. The molecule has 1 heterocycles. The van der Waals surface area contributed by atoms with Crippen LogP contribution < -0.4 is 5.11 Å². The summed E-state index contributed by atoms with van der Waals surface area (Å²) in [5.41, 5.74) is 0.685. The first-order chi connectivity index (χ1) is 8.49. The van der Waals surface area contributed by atoms with Gasteiger partial charge in [-0.25, -0.2) is 8.42 Å². The first-order valence-corrected chi connectivity index (χ1v) is 7.38. The molecule has 3 rings (SSSR count). The second kappa shape index (κ2) is 3.48. The van der Waals surface area contributed by atoms with Gasteiger partial charge in [-0.2, -0.15) is 8.75 Å². The van der Waals surface area contributed by atoms with E-state index in [0.29, 0.717) is 5.52 Å². The van der Waals surface area contributed by atoms with E-state index < -0.39 is 20.6 Å². The molecule has 0 unspecified atom stereocenters. The van der Waals surface area contributed by atoms with Crippen molar-refractivity contribution in [3.8, 4) is 0 Å². The molecular formula is C10H7N2O4S2-. The fourth-order valence-electron chi connectivity index (χ4n) is 1.90. The van der Waals surface area contributed by atoms with Gasteiger partial charge < -0.3 is 9.90 Å². The summed E-state index contributed by atoms with van der Waals surface area (Å²) in [5, 5.41) is 11.1. The van der Waals surface area contributed by atoms with Crippen molar-refractivity contribution in [2.75, 3.05) is 0 Å². The number of benzene rings is 1. The zero-order valence-corrected chi connectivity index (χ0v) is 10.6. The highest BCUT2D eigenvalue weighted by Gasteiger charge is 2.57. The number of carbonyl (C=O) groups is 1. The Kier molecular flexibility index (Phi) is 2.23. The van der Waals surface area contributed by atoms with Gasteiger partial charge in [0.1, 0.15) is 15.8 Å². The molecule has 1 aromatic heterocycles. The zero-order valence-electron chi connectivity index (χ0n) is 8.99. The molecule has 0 N–H and O–H groups in total. The molecule has 0 amide bonds. The Hall–Kier alpha value is -1.54. The standard InChI is InChI=1S/C10H8N2O4S2/c13-9(14)10(4-5-10)18(15,16)7-3-1-2-6-8(7)12-17-11-6/h1-3H,4-5H2,(H,13,14)/p-1. The van der Waals surface area contributed by atoms with Gasteiger partial charge in [-0.1, -0.05) is 6.07 Å². The fourth-order valence-corrected chi connectivity index (χ4v) is 4.45. The fraction of sp³-hybridized carbons (Fsp3) is 0.300. The number of carboxylic acid groups (broad SMARTS) is 1. The molecule has 0 aliphatic heterocycles. The van der Waals surface area contributed by atoms with Crippen LogP contribution in [0.1, 0.15) is 12.8 Å². The van der Waals surface area contributed by atoms with E-state index in [9.17, 15) is 18.3 Å². The Morgan fingerprint density at radius 2 is 2.06 bits per heavy atom. The Labute approximate surface area is 107 Å². The molecule has 0 bridgehead atoms. The maximum absolute atomic E-state index is 12.4. The van der Waals surface area contributed by atoms with E-state index in [4.69, 9.17) is 0 Å². The lowest BCUT2D eigenvalue weighted by molar-refractivity contribution is -0.306. The van der Waals surface area contributed by atoms with E-state index in [1.807, 2.05) is 0 Å². The molecule has 1 aromatic carbocycles. The van der Waals surface area contributed by atoms with E-state index >= 15 is 0 Å². The third-order valence-electron chi connectivity index (χ3n) is 3.13. The number of hydrogen-bond acceptors (Lipinski definition) is 7. The predicted octanol–water partition coefficient (Wildman–Crippen LogP) is -0.253. The van der Waals surface area contributed by atoms with Crippen LogP contribution in [0.15, 0.2) is 23.1 Å². The van der Waals surface area contributed by atoms with Crippen molar-refractivity contribution in [2.24, 2.45) is 0 Å². The summed E-state index contributed by atoms with van der Waals surface area (Å²) in [6.07, 6.45) is 0.178. The summed E-state index contributed by atoms with van der Waals surface area (Å²) in [4.78, 5) is 11.0. The average Bonchev–Trinajstić information content (AvgIpc) is 3.02. The van der Waals surface area contributed by atoms with E-state index in [1.54, 1.807) is 6.07 Å². The van der Waals surface area contributed by atoms with Crippen molar-refractivity contribution in [1.82, 2.24) is 8.75 Å². The van der Waals surface area contributed by atoms with Crippen molar-refractivity contribution in [3.05, 3.63) is 18.2 Å². The third kappa shape index (κ3) is 1.33. The molecular weight excluding hydrogens is 276 g/mol. The Bertz CT molecular complexity index is 746. The van der Waals surface area contributed by atoms with E-state index in [0.717, 1.165) is 11.7 Å². The van der Waals surface area contributed by atoms with Crippen molar-refractivity contribution in [1.29, 1.82) is 0 Å². The van der Waals surface area contributed by atoms with Gasteiger partial charge in [-0.3, -0.25) is 0 Å². The van der Waals surface area contributed by atoms with Crippen LogP contribution in [0, 0.1) is 0 Å². The van der Waals surface area contributed by atoms with Gasteiger partial charge in [-0.15, -0.1) is 0 Å². The van der Waals surface area contributed by atoms with Crippen molar-refractivity contribution in [3.63, 3.8) is 0 Å². The number of carboxylic acids is 1. The molecule has 0 atom stereocenters. The number of fused-ring (bicyclic) bond motifs is 1. The molecule has 18 heavy (non-hydrogen) atoms. The molecule has 2 aromatic rings. The van der Waals surface area contributed by atoms with Crippen LogP contribution in [0.3, 0.4) is 0 Å². The van der Waals surface area contributed by atoms with Crippen LogP contribution >= 0.6 is 11.7 Å². The Balaban J connectivity index is 2.27. The lowest BCUT2D eigenvalue weighted by Crippen LogP contribution is -2.43. The second-order valence-electron chi connectivity index (χ2n) is 4.17. The van der Waals surface area contributed by atoms with Gasteiger partial charge in [-0.05, 0) is 25.0 Å². The summed E-state index contributed by atoms with van der Waals surface area (Å²) in [6, 6.07) is 4.53. The van der Waals surface area contributed by atoms with Crippen molar-refractivity contribution >= 4 is 38.6 Å². The number of rotatable bonds is 3. The average molecular weight is 283 g/mol. The van der Waals surface area contributed by atoms with Crippen molar-refractivity contribution in [2.45, 2.75) is 22.5 Å². The number of aromatic nitrogens is 2. The monoisotopic (exact) mass is 283 g/mol. The quantitative estimate of drug-likeness (QED) is 0.770. The van der Waals surface area contributed by atoms with E-state index in [-0.39, 0.29) is 23.3 Å². The Morgan fingerprint density at radius 1 is 1.33 bits per heavy atom. The van der Waals surface area contributed by atoms with E-state index in [1.165, 1.54) is 12.1 Å². The van der Waals surface area contributed by atoms with Gasteiger partial charge >= 0.3 is 0 Å². The largest absolute Gasteiger partial charge is 0.548 e. The maximum atomic E-state index is 12.4. The number of hydrogen-bond donors (Lipinski definition) is 0. The van der Waals surface area contributed by atoms with Crippen LogP contribution in [0.2, 0.25) is 0 Å². The first kappa shape index (κ1) is 11.5. The molecule has 0 radical (unpaired) electrons. The second-order valence-corrected chi connectivity index (χ2v) is 6.93. The minimum absolute atomic E-state index is 0.0737. The summed E-state index contributed by atoms with van der Waals surface area (Å²) < 4.78 is 30.9. The minimum atomic E-state index is -3.98. The molecule has 6 nitrogen and oxygen atoms in total. The summed E-state index contributed by atoms with van der Waals surface area (Å²) in [6.45, 7) is 0. The van der Waals surface area contributed by atoms with Crippen molar-refractivity contribution < 1.29 is 18.3 Å². The lowest BCUT2D eigenvalue weighted by atomic mass is 10.3. The highest BCUT2D eigenvalue weighted by atomic mass is 32.2. The van der Waals surface area contributed by atoms with Gasteiger partial charge in [0.15, 0.2) is 9.84 Å². The number of aliphatic carboxylic acids is 1. The molecule has 1 aliphatic carbocycles. The summed E-state index contributed by atoms with van der Waals surface area (Å²) in [7, 11) is -3.98. The van der Waals surface area contributed by atoms with Crippen LogP contribution in [-0.2, 0) is 14.6 Å². The van der Waals surface area contributed by atoms with Gasteiger partial charge in [0.05, 0.1) is 22.6 Å². The van der Waals surface area contributed by atoms with Gasteiger partial charge in [0.2, 0.25) is 0 Å². The lowest BCUT2D eigenvalue weighted by Gasteiger charge is -2.17. The van der Waals surface area contributed by atoms with Crippen LogP contribution in [0.5, 0.6) is 0 Å². The van der Waals surface area contributed by atoms with E-state index in [2.05, 4.69) is 8.75 Å². The molecule has 1 fully saturated rings. The predicted molar refractivity (Wildman–Crippen MR) is 61.6 cm³/mol. The van der Waals surface area contributed by atoms with Gasteiger partial charge in [0, 0.05) is 0 Å². The number of sulfone groups is 1. The van der Waals surface area contributed by atoms with Crippen LogP contribution in [0.25, 0.3) is 11.0 Å². The topological polar surface area (TPSA) is 100 Å². The normalized spacial score (nSPS) is 17.8. The SMILES string of the molecule is O=C([O-])C1(S(=O)(=O)c2cccc3nsnc23)CC1.